The molecular formula is C16H25NO2. The molecule has 0 saturated carbocycles. The van der Waals surface area contributed by atoms with Gasteiger partial charge in [-0.2, -0.15) is 0 Å². The number of nitrogens with one attached hydrogen (secondary N) is 1. The number of hydrogen-bond donors (Lipinski definition) is 2. The van der Waals surface area contributed by atoms with E-state index in [9.17, 15) is 5.11 Å². The van der Waals surface area contributed by atoms with Crippen molar-refractivity contribution < 1.29 is 9.84 Å². The topological polar surface area (TPSA) is 41.5 Å². The predicted molar refractivity (Wildman–Crippen MR) is 77.2 cm³/mol. The molecule has 1 heterocycles. The van der Waals surface area contributed by atoms with E-state index in [1.54, 1.807) is 0 Å². The number of aliphatic hydroxyl groups excluding tert-OH is 1. The SMILES string of the molecule is Cc1cccc(CNC2(CCO)CCOCC2)c1C. The van der Waals surface area contributed by atoms with Gasteiger partial charge in [-0.25, -0.2) is 0 Å². The van der Waals surface area contributed by atoms with Gasteiger partial charge in [0, 0.05) is 31.9 Å². The Morgan fingerprint density at radius 1 is 1.26 bits per heavy atom. The maximum absolute atomic E-state index is 9.30. The van der Waals surface area contributed by atoms with Crippen molar-refractivity contribution in [1.82, 2.24) is 5.32 Å². The maximum Gasteiger partial charge on any atom is 0.0483 e. The van der Waals surface area contributed by atoms with Crippen molar-refractivity contribution in [3.63, 3.8) is 0 Å². The average Bonchev–Trinajstić information content (AvgIpc) is 2.42. The molecule has 0 aliphatic carbocycles. The third kappa shape index (κ3) is 3.56. The summed E-state index contributed by atoms with van der Waals surface area (Å²) in [6.45, 7) is 7.01. The lowest BCUT2D eigenvalue weighted by molar-refractivity contribution is 0.0267. The van der Waals surface area contributed by atoms with E-state index in [-0.39, 0.29) is 12.1 Å². The molecule has 3 nitrogen and oxygen atoms in total. The molecule has 2 rings (SSSR count). The Balaban J connectivity index is 2.04. The molecule has 2 N–H and O–H groups in total. The Morgan fingerprint density at radius 3 is 2.68 bits per heavy atom. The molecule has 1 fully saturated rings. The van der Waals surface area contributed by atoms with E-state index in [2.05, 4.69) is 37.4 Å². The zero-order valence-electron chi connectivity index (χ0n) is 12.0. The summed E-state index contributed by atoms with van der Waals surface area (Å²) >= 11 is 0. The summed E-state index contributed by atoms with van der Waals surface area (Å²) in [6.07, 6.45) is 2.78. The average molecular weight is 263 g/mol. The molecule has 19 heavy (non-hydrogen) atoms. The quantitative estimate of drug-likeness (QED) is 0.856. The third-order valence-corrected chi connectivity index (χ3v) is 4.41. The van der Waals surface area contributed by atoms with E-state index in [0.717, 1.165) is 39.0 Å². The number of aryl methyl sites for hydroxylation is 1. The summed E-state index contributed by atoms with van der Waals surface area (Å²) in [5.41, 5.74) is 4.09. The second kappa shape index (κ2) is 6.51. The lowest BCUT2D eigenvalue weighted by atomic mass is 9.86. The second-order valence-electron chi connectivity index (χ2n) is 5.58. The Hall–Kier alpha value is -0.900. The normalized spacial score (nSPS) is 18.5. The molecule has 0 amide bonds. The molecular weight excluding hydrogens is 238 g/mol. The number of ether oxygens (including phenoxy) is 1. The first-order valence-corrected chi connectivity index (χ1v) is 7.16. The Morgan fingerprint density at radius 2 is 2.00 bits per heavy atom. The van der Waals surface area contributed by atoms with E-state index >= 15 is 0 Å². The van der Waals surface area contributed by atoms with Gasteiger partial charge in [-0.1, -0.05) is 18.2 Å². The van der Waals surface area contributed by atoms with E-state index in [1.165, 1.54) is 16.7 Å². The molecule has 1 aromatic rings. The standard InChI is InChI=1S/C16H25NO2/c1-13-4-3-5-15(14(13)2)12-17-16(6-9-18)7-10-19-11-8-16/h3-5,17-18H,6-12H2,1-2H3. The highest BCUT2D eigenvalue weighted by Gasteiger charge is 2.31. The fourth-order valence-corrected chi connectivity index (χ4v) is 2.78. The molecule has 3 heteroatoms. The molecule has 1 aliphatic rings. The summed E-state index contributed by atoms with van der Waals surface area (Å²) in [6, 6.07) is 6.44. The van der Waals surface area contributed by atoms with Crippen LogP contribution in [0.3, 0.4) is 0 Å². The van der Waals surface area contributed by atoms with Gasteiger partial charge in [-0.05, 0) is 49.8 Å². The summed E-state index contributed by atoms with van der Waals surface area (Å²) in [4.78, 5) is 0. The lowest BCUT2D eigenvalue weighted by Crippen LogP contribution is -2.49. The van der Waals surface area contributed by atoms with Crippen LogP contribution in [0.15, 0.2) is 18.2 Å². The molecule has 0 atom stereocenters. The fraction of sp³-hybridized carbons (Fsp3) is 0.625. The largest absolute Gasteiger partial charge is 0.396 e. The monoisotopic (exact) mass is 263 g/mol. The van der Waals surface area contributed by atoms with Crippen LogP contribution in [0.2, 0.25) is 0 Å². The van der Waals surface area contributed by atoms with Crippen molar-refractivity contribution in [2.75, 3.05) is 19.8 Å². The maximum atomic E-state index is 9.30. The first-order chi connectivity index (χ1) is 9.17. The van der Waals surface area contributed by atoms with Gasteiger partial charge in [-0.3, -0.25) is 0 Å². The van der Waals surface area contributed by atoms with Gasteiger partial charge in [0.2, 0.25) is 0 Å². The zero-order valence-corrected chi connectivity index (χ0v) is 12.0. The van der Waals surface area contributed by atoms with Crippen molar-refractivity contribution in [3.8, 4) is 0 Å². The second-order valence-corrected chi connectivity index (χ2v) is 5.58. The third-order valence-electron chi connectivity index (χ3n) is 4.41. The van der Waals surface area contributed by atoms with E-state index in [4.69, 9.17) is 4.74 Å². The highest BCUT2D eigenvalue weighted by molar-refractivity contribution is 5.33. The minimum Gasteiger partial charge on any atom is -0.396 e. The van der Waals surface area contributed by atoms with Crippen molar-refractivity contribution in [3.05, 3.63) is 34.9 Å². The Kier molecular flexibility index (Phi) is 4.97. The smallest absolute Gasteiger partial charge is 0.0483 e. The van der Waals surface area contributed by atoms with Gasteiger partial charge in [0.25, 0.3) is 0 Å². The van der Waals surface area contributed by atoms with Gasteiger partial charge in [0.15, 0.2) is 0 Å². The summed E-state index contributed by atoms with van der Waals surface area (Å²) in [7, 11) is 0. The van der Waals surface area contributed by atoms with Crippen molar-refractivity contribution in [2.45, 2.75) is 45.2 Å². The van der Waals surface area contributed by atoms with Crippen LogP contribution >= 0.6 is 0 Å². The molecule has 0 aromatic heterocycles. The van der Waals surface area contributed by atoms with E-state index < -0.39 is 0 Å². The van der Waals surface area contributed by atoms with Gasteiger partial charge in [0.1, 0.15) is 0 Å². The first-order valence-electron chi connectivity index (χ1n) is 7.16. The molecule has 0 spiro atoms. The van der Waals surface area contributed by atoms with E-state index in [0.29, 0.717) is 0 Å². The number of rotatable bonds is 5. The molecule has 106 valence electrons. The molecule has 0 radical (unpaired) electrons. The highest BCUT2D eigenvalue weighted by Crippen LogP contribution is 2.25. The highest BCUT2D eigenvalue weighted by atomic mass is 16.5. The Labute approximate surface area is 116 Å². The number of aliphatic hydroxyl groups is 1. The summed E-state index contributed by atoms with van der Waals surface area (Å²) < 4.78 is 5.44. The van der Waals surface area contributed by atoms with Crippen LogP contribution in [0.25, 0.3) is 0 Å². The van der Waals surface area contributed by atoms with Crippen molar-refractivity contribution in [1.29, 1.82) is 0 Å². The van der Waals surface area contributed by atoms with Crippen LogP contribution in [0.4, 0.5) is 0 Å². The summed E-state index contributed by atoms with van der Waals surface area (Å²) in [5.74, 6) is 0. The summed E-state index contributed by atoms with van der Waals surface area (Å²) in [5, 5.41) is 13.0. The fourth-order valence-electron chi connectivity index (χ4n) is 2.78. The van der Waals surface area contributed by atoms with Gasteiger partial charge in [-0.15, -0.1) is 0 Å². The van der Waals surface area contributed by atoms with Gasteiger partial charge < -0.3 is 15.2 Å². The number of benzene rings is 1. The van der Waals surface area contributed by atoms with Crippen LogP contribution in [0, 0.1) is 13.8 Å². The molecule has 0 unspecified atom stereocenters. The Bertz CT molecular complexity index is 406. The molecule has 0 bridgehead atoms. The predicted octanol–water partition coefficient (Wildman–Crippen LogP) is 2.32. The molecule has 1 aromatic carbocycles. The van der Waals surface area contributed by atoms with Crippen LogP contribution in [-0.2, 0) is 11.3 Å². The minimum atomic E-state index is 0.0448. The van der Waals surface area contributed by atoms with Crippen LogP contribution in [-0.4, -0.2) is 30.5 Å². The minimum absolute atomic E-state index is 0.0448. The van der Waals surface area contributed by atoms with Crippen molar-refractivity contribution >= 4 is 0 Å². The molecule has 1 aliphatic heterocycles. The zero-order chi connectivity index (χ0) is 13.7. The van der Waals surface area contributed by atoms with Gasteiger partial charge in [0.05, 0.1) is 0 Å². The van der Waals surface area contributed by atoms with Crippen LogP contribution in [0.5, 0.6) is 0 Å². The number of hydrogen-bond acceptors (Lipinski definition) is 3. The lowest BCUT2D eigenvalue weighted by Gasteiger charge is -2.38. The van der Waals surface area contributed by atoms with Crippen molar-refractivity contribution in [2.24, 2.45) is 0 Å². The van der Waals surface area contributed by atoms with Crippen LogP contribution < -0.4 is 5.32 Å². The molecule has 1 saturated heterocycles. The first kappa shape index (κ1) is 14.5. The van der Waals surface area contributed by atoms with E-state index in [1.807, 2.05) is 0 Å². The van der Waals surface area contributed by atoms with Crippen LogP contribution in [0.1, 0.15) is 36.0 Å². The van der Waals surface area contributed by atoms with Gasteiger partial charge >= 0.3 is 0 Å².